The lowest BCUT2D eigenvalue weighted by Crippen LogP contribution is -2.44. The number of nitrogens with one attached hydrogen (secondary N) is 1. The van der Waals surface area contributed by atoms with Gasteiger partial charge in [-0.15, -0.1) is 0 Å². The predicted molar refractivity (Wildman–Crippen MR) is 85.0 cm³/mol. The highest BCUT2D eigenvalue weighted by molar-refractivity contribution is 5.25. The number of benzene rings is 1. The van der Waals surface area contributed by atoms with Crippen LogP contribution < -0.4 is 5.32 Å². The molecule has 4 atom stereocenters. The third kappa shape index (κ3) is 4.24. The summed E-state index contributed by atoms with van der Waals surface area (Å²) < 4.78 is 0. The van der Waals surface area contributed by atoms with Crippen LogP contribution in [0.25, 0.3) is 0 Å². The molecule has 0 amide bonds. The van der Waals surface area contributed by atoms with Gasteiger partial charge < -0.3 is 10.4 Å². The smallest absolute Gasteiger partial charge is 0.115 e. The Kier molecular flexibility index (Phi) is 5.47. The Bertz CT molecular complexity index is 400. The maximum absolute atomic E-state index is 9.29. The Labute approximate surface area is 123 Å². The van der Waals surface area contributed by atoms with Crippen molar-refractivity contribution in [2.24, 2.45) is 11.8 Å². The molecule has 112 valence electrons. The van der Waals surface area contributed by atoms with Crippen LogP contribution in [0.2, 0.25) is 0 Å². The first-order chi connectivity index (χ1) is 9.56. The summed E-state index contributed by atoms with van der Waals surface area (Å²) in [5.41, 5.74) is 1.31. The standard InChI is InChI=1S/C18H29NO/c1-13-5-4-6-18(15(13)3)19-14(2)7-8-16-9-11-17(20)12-10-16/h9-15,18-20H,4-8H2,1-3H3/t13-,14-,15+,18-/m1/s1. The largest absolute Gasteiger partial charge is 0.508 e. The Morgan fingerprint density at radius 2 is 1.90 bits per heavy atom. The van der Waals surface area contributed by atoms with Crippen molar-refractivity contribution < 1.29 is 5.11 Å². The molecule has 0 unspecified atom stereocenters. The van der Waals surface area contributed by atoms with E-state index < -0.39 is 0 Å². The summed E-state index contributed by atoms with van der Waals surface area (Å²) in [4.78, 5) is 0. The van der Waals surface area contributed by atoms with Crippen molar-refractivity contribution in [1.29, 1.82) is 0 Å². The van der Waals surface area contributed by atoms with Crippen LogP contribution in [0.15, 0.2) is 24.3 Å². The van der Waals surface area contributed by atoms with E-state index in [1.807, 2.05) is 12.1 Å². The molecule has 0 radical (unpaired) electrons. The predicted octanol–water partition coefficient (Wildman–Crippen LogP) is 4.13. The molecule has 2 heteroatoms. The van der Waals surface area contributed by atoms with Gasteiger partial charge in [0.2, 0.25) is 0 Å². The van der Waals surface area contributed by atoms with Gasteiger partial charge >= 0.3 is 0 Å². The number of aryl methyl sites for hydroxylation is 1. The van der Waals surface area contributed by atoms with Crippen LogP contribution in [0.1, 0.15) is 52.0 Å². The quantitative estimate of drug-likeness (QED) is 0.847. The van der Waals surface area contributed by atoms with E-state index in [9.17, 15) is 5.11 Å². The summed E-state index contributed by atoms with van der Waals surface area (Å²) in [7, 11) is 0. The first kappa shape index (κ1) is 15.4. The van der Waals surface area contributed by atoms with E-state index in [1.165, 1.54) is 24.8 Å². The lowest BCUT2D eigenvalue weighted by atomic mass is 9.78. The molecule has 1 aromatic carbocycles. The highest BCUT2D eigenvalue weighted by atomic mass is 16.3. The van der Waals surface area contributed by atoms with Crippen LogP contribution in [0.4, 0.5) is 0 Å². The van der Waals surface area contributed by atoms with E-state index in [4.69, 9.17) is 0 Å². The molecule has 0 heterocycles. The summed E-state index contributed by atoms with van der Waals surface area (Å²) in [6.45, 7) is 7.08. The zero-order valence-corrected chi connectivity index (χ0v) is 13.1. The van der Waals surface area contributed by atoms with Gasteiger partial charge in [-0.3, -0.25) is 0 Å². The molecule has 2 rings (SSSR count). The Morgan fingerprint density at radius 3 is 2.60 bits per heavy atom. The second kappa shape index (κ2) is 7.12. The van der Waals surface area contributed by atoms with Gasteiger partial charge in [0.15, 0.2) is 0 Å². The summed E-state index contributed by atoms with van der Waals surface area (Å²) >= 11 is 0. The van der Waals surface area contributed by atoms with E-state index in [1.54, 1.807) is 12.1 Å². The summed E-state index contributed by atoms with van der Waals surface area (Å²) in [6.07, 6.45) is 6.32. The maximum Gasteiger partial charge on any atom is 0.115 e. The fourth-order valence-corrected chi connectivity index (χ4v) is 3.31. The van der Waals surface area contributed by atoms with Gasteiger partial charge in [0.1, 0.15) is 5.75 Å². The van der Waals surface area contributed by atoms with Crippen LogP contribution in [-0.2, 0) is 6.42 Å². The molecule has 1 fully saturated rings. The Morgan fingerprint density at radius 1 is 1.20 bits per heavy atom. The van der Waals surface area contributed by atoms with Gasteiger partial charge in [-0.05, 0) is 55.7 Å². The number of rotatable bonds is 5. The van der Waals surface area contributed by atoms with E-state index in [-0.39, 0.29) is 0 Å². The highest BCUT2D eigenvalue weighted by Crippen LogP contribution is 2.29. The molecule has 0 bridgehead atoms. The van der Waals surface area contributed by atoms with Crippen LogP contribution in [0.5, 0.6) is 5.75 Å². The SMILES string of the molecule is C[C@H]1[C@H](C)CCC[C@H]1N[C@H](C)CCc1ccc(O)cc1. The lowest BCUT2D eigenvalue weighted by Gasteiger charge is -2.36. The van der Waals surface area contributed by atoms with Crippen LogP contribution in [0.3, 0.4) is 0 Å². The molecule has 20 heavy (non-hydrogen) atoms. The van der Waals surface area contributed by atoms with Crippen LogP contribution in [0, 0.1) is 11.8 Å². The molecule has 1 aromatic rings. The van der Waals surface area contributed by atoms with Gasteiger partial charge in [0, 0.05) is 12.1 Å². The number of aromatic hydroxyl groups is 1. The molecule has 1 saturated carbocycles. The average molecular weight is 275 g/mol. The molecule has 2 nitrogen and oxygen atoms in total. The van der Waals surface area contributed by atoms with E-state index in [0.29, 0.717) is 17.8 Å². The monoisotopic (exact) mass is 275 g/mol. The zero-order valence-electron chi connectivity index (χ0n) is 13.1. The van der Waals surface area contributed by atoms with Gasteiger partial charge in [-0.25, -0.2) is 0 Å². The average Bonchev–Trinajstić information content (AvgIpc) is 2.43. The number of hydrogen-bond donors (Lipinski definition) is 2. The highest BCUT2D eigenvalue weighted by Gasteiger charge is 2.27. The van der Waals surface area contributed by atoms with Crippen molar-refractivity contribution in [2.45, 2.75) is 65.0 Å². The minimum atomic E-state index is 0.352. The van der Waals surface area contributed by atoms with Crippen molar-refractivity contribution in [3.8, 4) is 5.75 Å². The van der Waals surface area contributed by atoms with Gasteiger partial charge in [0.25, 0.3) is 0 Å². The van der Waals surface area contributed by atoms with Crippen molar-refractivity contribution in [3.63, 3.8) is 0 Å². The van der Waals surface area contributed by atoms with Gasteiger partial charge in [-0.2, -0.15) is 0 Å². The molecule has 1 aliphatic rings. The second-order valence-electron chi connectivity index (χ2n) is 6.65. The molecular formula is C18H29NO. The van der Waals surface area contributed by atoms with Crippen molar-refractivity contribution in [3.05, 3.63) is 29.8 Å². The lowest BCUT2D eigenvalue weighted by molar-refractivity contribution is 0.194. The number of phenolic OH excluding ortho intramolecular Hbond substituents is 1. The minimum absolute atomic E-state index is 0.352. The van der Waals surface area contributed by atoms with E-state index >= 15 is 0 Å². The molecule has 0 aliphatic heterocycles. The van der Waals surface area contributed by atoms with Crippen molar-refractivity contribution in [2.75, 3.05) is 0 Å². The third-order valence-corrected chi connectivity index (χ3v) is 5.01. The maximum atomic E-state index is 9.29. The van der Waals surface area contributed by atoms with E-state index in [0.717, 1.165) is 24.7 Å². The molecule has 0 saturated heterocycles. The summed E-state index contributed by atoms with van der Waals surface area (Å²) in [5, 5.41) is 13.1. The van der Waals surface area contributed by atoms with Gasteiger partial charge in [0.05, 0.1) is 0 Å². The normalized spacial score (nSPS) is 28.2. The van der Waals surface area contributed by atoms with Crippen molar-refractivity contribution >= 4 is 0 Å². The summed E-state index contributed by atoms with van der Waals surface area (Å²) in [5.74, 6) is 2.00. The third-order valence-electron chi connectivity index (χ3n) is 5.01. The van der Waals surface area contributed by atoms with E-state index in [2.05, 4.69) is 26.1 Å². The summed E-state index contributed by atoms with van der Waals surface area (Å²) in [6, 6.07) is 8.84. The van der Waals surface area contributed by atoms with Crippen molar-refractivity contribution in [1.82, 2.24) is 5.32 Å². The Balaban J connectivity index is 1.77. The second-order valence-corrected chi connectivity index (χ2v) is 6.65. The first-order valence-electron chi connectivity index (χ1n) is 8.10. The fraction of sp³-hybridized carbons (Fsp3) is 0.667. The van der Waals surface area contributed by atoms with Crippen LogP contribution in [-0.4, -0.2) is 17.2 Å². The molecule has 0 spiro atoms. The topological polar surface area (TPSA) is 32.3 Å². The molecule has 2 N–H and O–H groups in total. The fourth-order valence-electron chi connectivity index (χ4n) is 3.31. The number of phenols is 1. The number of hydrogen-bond acceptors (Lipinski definition) is 2. The minimum Gasteiger partial charge on any atom is -0.508 e. The first-order valence-corrected chi connectivity index (χ1v) is 8.10. The van der Waals surface area contributed by atoms with Gasteiger partial charge in [-0.1, -0.05) is 38.8 Å². The molecule has 0 aromatic heterocycles. The van der Waals surface area contributed by atoms with Crippen LogP contribution >= 0.6 is 0 Å². The Hall–Kier alpha value is -1.02. The molecular weight excluding hydrogens is 246 g/mol. The zero-order chi connectivity index (χ0) is 14.5. The molecule has 1 aliphatic carbocycles.